The summed E-state index contributed by atoms with van der Waals surface area (Å²) in [7, 11) is 0. The molecule has 1 heterocycles. The predicted molar refractivity (Wildman–Crippen MR) is 78.1 cm³/mol. The van der Waals surface area contributed by atoms with Crippen LogP contribution in [-0.2, 0) is 0 Å². The molecule has 0 aliphatic carbocycles. The molecule has 1 aliphatic heterocycles. The Bertz CT molecular complexity index is 442. The summed E-state index contributed by atoms with van der Waals surface area (Å²) in [5, 5.41) is 3.42. The molecule has 0 amide bonds. The van der Waals surface area contributed by atoms with Gasteiger partial charge in [-0.15, -0.1) is 0 Å². The topological polar surface area (TPSA) is 24.4 Å². The summed E-state index contributed by atoms with van der Waals surface area (Å²) in [5.41, 5.74) is 3.52. The van der Waals surface area contributed by atoms with Crippen molar-refractivity contribution in [2.75, 3.05) is 6.54 Å². The Balaban J connectivity index is 2.35. The monoisotopic (exact) mass is 242 g/mol. The van der Waals surface area contributed by atoms with Crippen LogP contribution in [0.5, 0.6) is 0 Å². The zero-order valence-corrected chi connectivity index (χ0v) is 11.5. The summed E-state index contributed by atoms with van der Waals surface area (Å²) < 4.78 is 0. The fourth-order valence-corrected chi connectivity index (χ4v) is 2.05. The van der Waals surface area contributed by atoms with Crippen molar-refractivity contribution >= 4 is 5.71 Å². The number of rotatable bonds is 2. The van der Waals surface area contributed by atoms with Crippen LogP contribution in [0.25, 0.3) is 0 Å². The minimum atomic E-state index is -0.0547. The van der Waals surface area contributed by atoms with Crippen LogP contribution in [0.4, 0.5) is 0 Å². The van der Waals surface area contributed by atoms with Gasteiger partial charge in [-0.1, -0.05) is 30.3 Å². The van der Waals surface area contributed by atoms with Crippen LogP contribution in [0.2, 0.25) is 0 Å². The molecular weight excluding hydrogens is 220 g/mol. The Morgan fingerprint density at radius 3 is 2.50 bits per heavy atom. The van der Waals surface area contributed by atoms with E-state index in [1.165, 1.54) is 17.7 Å². The third kappa shape index (κ3) is 3.73. The Hall–Kier alpha value is -1.57. The maximum Gasteiger partial charge on any atom is 0.0670 e. The number of hydrogen-bond donors (Lipinski definition) is 1. The van der Waals surface area contributed by atoms with E-state index in [0.29, 0.717) is 0 Å². The normalized spacial score (nSPS) is 19.1. The van der Waals surface area contributed by atoms with E-state index in [9.17, 15) is 0 Å². The third-order valence-electron chi connectivity index (χ3n) is 2.81. The van der Waals surface area contributed by atoms with Gasteiger partial charge in [-0.3, -0.25) is 4.99 Å². The fourth-order valence-electron chi connectivity index (χ4n) is 2.05. The lowest BCUT2D eigenvalue weighted by atomic mass is 10.1. The number of allylic oxidation sites excluding steroid dienone is 2. The summed E-state index contributed by atoms with van der Waals surface area (Å²) >= 11 is 0. The molecule has 0 saturated carbocycles. The van der Waals surface area contributed by atoms with Gasteiger partial charge in [0.15, 0.2) is 0 Å². The third-order valence-corrected chi connectivity index (χ3v) is 2.81. The predicted octanol–water partition coefficient (Wildman–Crippen LogP) is 3.54. The van der Waals surface area contributed by atoms with E-state index < -0.39 is 0 Å². The molecule has 1 fully saturated rings. The van der Waals surface area contributed by atoms with Crippen LogP contribution in [0.15, 0.2) is 47.1 Å². The lowest BCUT2D eigenvalue weighted by molar-refractivity contribution is 0.584. The zero-order chi connectivity index (χ0) is 13.0. The van der Waals surface area contributed by atoms with E-state index in [0.717, 1.165) is 18.7 Å². The fraction of sp³-hybridized carbons (Fsp3) is 0.438. The molecule has 1 N–H and O–H groups in total. The van der Waals surface area contributed by atoms with Gasteiger partial charge < -0.3 is 5.32 Å². The standard InChI is InChI=1S/C16H22N2/c1-16(2,3)18-15(12-14-10-7-11-17-14)13-8-5-4-6-9-13/h4-6,8-9,12,17H,7,10-11H2,1-3H3. The van der Waals surface area contributed by atoms with Gasteiger partial charge >= 0.3 is 0 Å². The minimum absolute atomic E-state index is 0.0547. The van der Waals surface area contributed by atoms with Crippen molar-refractivity contribution in [3.63, 3.8) is 0 Å². The van der Waals surface area contributed by atoms with E-state index >= 15 is 0 Å². The van der Waals surface area contributed by atoms with Crippen LogP contribution in [0, 0.1) is 0 Å². The Morgan fingerprint density at radius 1 is 1.22 bits per heavy atom. The second-order valence-corrected chi connectivity index (χ2v) is 5.73. The van der Waals surface area contributed by atoms with Crippen LogP contribution >= 0.6 is 0 Å². The van der Waals surface area contributed by atoms with Crippen molar-refractivity contribution in [1.29, 1.82) is 0 Å². The van der Waals surface area contributed by atoms with Crippen molar-refractivity contribution in [3.8, 4) is 0 Å². The Morgan fingerprint density at radius 2 is 1.94 bits per heavy atom. The average molecular weight is 242 g/mol. The molecular formula is C16H22N2. The molecule has 1 aromatic rings. The lowest BCUT2D eigenvalue weighted by Gasteiger charge is -2.15. The van der Waals surface area contributed by atoms with Gasteiger partial charge in [0.1, 0.15) is 0 Å². The van der Waals surface area contributed by atoms with Crippen molar-refractivity contribution in [3.05, 3.63) is 47.7 Å². The van der Waals surface area contributed by atoms with E-state index in [4.69, 9.17) is 4.99 Å². The highest BCUT2D eigenvalue weighted by atomic mass is 14.9. The Labute approximate surface area is 110 Å². The van der Waals surface area contributed by atoms with Crippen molar-refractivity contribution in [1.82, 2.24) is 5.32 Å². The zero-order valence-electron chi connectivity index (χ0n) is 11.5. The quantitative estimate of drug-likeness (QED) is 0.788. The van der Waals surface area contributed by atoms with Gasteiger partial charge in [0, 0.05) is 12.2 Å². The van der Waals surface area contributed by atoms with Crippen molar-refractivity contribution in [2.45, 2.75) is 39.2 Å². The molecule has 0 aromatic heterocycles. The first-order chi connectivity index (χ1) is 8.54. The summed E-state index contributed by atoms with van der Waals surface area (Å²) in [6.07, 6.45) is 4.56. The highest BCUT2D eigenvalue weighted by Gasteiger charge is 2.12. The first kappa shape index (κ1) is 12.9. The van der Waals surface area contributed by atoms with Gasteiger partial charge in [0.25, 0.3) is 0 Å². The number of nitrogens with one attached hydrogen (secondary N) is 1. The molecule has 1 aromatic carbocycles. The van der Waals surface area contributed by atoms with Crippen molar-refractivity contribution in [2.24, 2.45) is 4.99 Å². The molecule has 1 saturated heterocycles. The number of aliphatic imine (C=N–C) groups is 1. The first-order valence-electron chi connectivity index (χ1n) is 6.64. The summed E-state index contributed by atoms with van der Waals surface area (Å²) in [6.45, 7) is 7.49. The van der Waals surface area contributed by atoms with Crippen LogP contribution in [0.1, 0.15) is 39.2 Å². The Kier molecular flexibility index (Phi) is 3.85. The molecule has 0 radical (unpaired) electrons. The van der Waals surface area contributed by atoms with Crippen molar-refractivity contribution < 1.29 is 0 Å². The van der Waals surface area contributed by atoms with Crippen LogP contribution in [-0.4, -0.2) is 17.8 Å². The van der Waals surface area contributed by atoms with Crippen LogP contribution in [0.3, 0.4) is 0 Å². The molecule has 0 atom stereocenters. The first-order valence-corrected chi connectivity index (χ1v) is 6.64. The second-order valence-electron chi connectivity index (χ2n) is 5.73. The van der Waals surface area contributed by atoms with E-state index in [1.54, 1.807) is 0 Å². The minimum Gasteiger partial charge on any atom is -0.388 e. The molecule has 0 unspecified atom stereocenters. The van der Waals surface area contributed by atoms with Crippen LogP contribution < -0.4 is 5.32 Å². The van der Waals surface area contributed by atoms with E-state index in [2.05, 4.69) is 56.4 Å². The summed E-state index contributed by atoms with van der Waals surface area (Å²) in [6, 6.07) is 10.4. The summed E-state index contributed by atoms with van der Waals surface area (Å²) in [4.78, 5) is 4.84. The van der Waals surface area contributed by atoms with Gasteiger partial charge in [0.2, 0.25) is 0 Å². The highest BCUT2D eigenvalue weighted by molar-refractivity contribution is 6.09. The lowest BCUT2D eigenvalue weighted by Crippen LogP contribution is -2.15. The molecule has 2 nitrogen and oxygen atoms in total. The second kappa shape index (κ2) is 5.38. The smallest absolute Gasteiger partial charge is 0.0670 e. The summed E-state index contributed by atoms with van der Waals surface area (Å²) in [5.74, 6) is 0. The molecule has 18 heavy (non-hydrogen) atoms. The molecule has 96 valence electrons. The number of nitrogens with zero attached hydrogens (tertiary/aromatic N) is 1. The highest BCUT2D eigenvalue weighted by Crippen LogP contribution is 2.15. The molecule has 2 heteroatoms. The molecule has 2 rings (SSSR count). The molecule has 0 spiro atoms. The molecule has 0 bridgehead atoms. The number of benzene rings is 1. The van der Waals surface area contributed by atoms with E-state index in [-0.39, 0.29) is 5.54 Å². The SMILES string of the molecule is CC(C)(C)N=C(C=C1CCCN1)c1ccccc1. The van der Waals surface area contributed by atoms with E-state index in [1.807, 2.05) is 6.07 Å². The maximum atomic E-state index is 4.84. The van der Waals surface area contributed by atoms with Gasteiger partial charge in [0.05, 0.1) is 11.3 Å². The maximum absolute atomic E-state index is 4.84. The molecule has 1 aliphatic rings. The average Bonchev–Trinajstić information content (AvgIpc) is 2.80. The largest absolute Gasteiger partial charge is 0.388 e. The van der Waals surface area contributed by atoms with Gasteiger partial charge in [-0.25, -0.2) is 0 Å². The van der Waals surface area contributed by atoms with Gasteiger partial charge in [-0.2, -0.15) is 0 Å². The van der Waals surface area contributed by atoms with Gasteiger partial charge in [-0.05, 0) is 45.3 Å². The number of hydrogen-bond acceptors (Lipinski definition) is 2.